The number of aromatic nitrogens is 1. The molecular weight excluding hydrogens is 430 g/mol. The van der Waals surface area contributed by atoms with Gasteiger partial charge in [-0.1, -0.05) is 39.3 Å². The third-order valence-corrected chi connectivity index (χ3v) is 7.56. The van der Waals surface area contributed by atoms with Crippen molar-refractivity contribution < 1.29 is 18.9 Å². The highest BCUT2D eigenvalue weighted by Gasteiger charge is 2.13. The van der Waals surface area contributed by atoms with Gasteiger partial charge in [0.2, 0.25) is 0 Å². The Bertz CT molecular complexity index is 533. The average molecular weight is 465 g/mol. The van der Waals surface area contributed by atoms with Crippen molar-refractivity contribution in [2.24, 2.45) is 0 Å². The second kappa shape index (κ2) is 11.6. The van der Waals surface area contributed by atoms with Crippen LogP contribution in [0, 0.1) is 0 Å². The summed E-state index contributed by atoms with van der Waals surface area (Å²) in [6.07, 6.45) is 0. The van der Waals surface area contributed by atoms with Crippen molar-refractivity contribution in [3.63, 3.8) is 0 Å². The number of rotatable bonds is 13. The number of ether oxygens (including phenoxy) is 4. The van der Waals surface area contributed by atoms with E-state index in [1.54, 1.807) is 0 Å². The van der Waals surface area contributed by atoms with Crippen LogP contribution in [0.15, 0.2) is 16.7 Å². The standard InChI is InChI=1S/C18H34BrNO4Si2/c1-25(2,3)11-9-21-14-23-13-16-7-8-17(18(19)20-16)24-15-22-10-12-26(4,5)6/h7-8H,9-15H2,1-6H3. The fourth-order valence-electron chi connectivity index (χ4n) is 1.83. The zero-order valence-electron chi connectivity index (χ0n) is 17.1. The van der Waals surface area contributed by atoms with E-state index in [1.165, 1.54) is 0 Å². The van der Waals surface area contributed by atoms with E-state index in [0.29, 0.717) is 23.8 Å². The van der Waals surface area contributed by atoms with E-state index in [-0.39, 0.29) is 6.79 Å². The molecule has 26 heavy (non-hydrogen) atoms. The Balaban J connectivity index is 2.23. The lowest BCUT2D eigenvalue weighted by Gasteiger charge is -2.16. The number of pyridine rings is 1. The van der Waals surface area contributed by atoms with Crippen LogP contribution in [0.25, 0.3) is 0 Å². The van der Waals surface area contributed by atoms with Crippen molar-refractivity contribution in [2.45, 2.75) is 58.0 Å². The van der Waals surface area contributed by atoms with Crippen molar-refractivity contribution >= 4 is 32.1 Å². The second-order valence-corrected chi connectivity index (χ2v) is 20.8. The minimum atomic E-state index is -1.06. The van der Waals surface area contributed by atoms with Crippen LogP contribution in [0.3, 0.4) is 0 Å². The molecule has 0 amide bonds. The molecule has 0 bridgehead atoms. The second-order valence-electron chi connectivity index (χ2n) is 8.76. The van der Waals surface area contributed by atoms with Crippen LogP contribution in [0.2, 0.25) is 51.4 Å². The third-order valence-electron chi connectivity index (χ3n) is 3.58. The summed E-state index contributed by atoms with van der Waals surface area (Å²) < 4.78 is 22.9. The van der Waals surface area contributed by atoms with Crippen LogP contribution in [0.4, 0.5) is 0 Å². The fraction of sp³-hybridized carbons (Fsp3) is 0.722. The van der Waals surface area contributed by atoms with Crippen molar-refractivity contribution in [1.29, 1.82) is 0 Å². The molecule has 0 aliphatic carbocycles. The molecule has 1 rings (SSSR count). The minimum Gasteiger partial charge on any atom is -0.465 e. The summed E-state index contributed by atoms with van der Waals surface area (Å²) in [5.41, 5.74) is 0.831. The van der Waals surface area contributed by atoms with Gasteiger partial charge < -0.3 is 18.9 Å². The molecule has 0 fully saturated rings. The lowest BCUT2D eigenvalue weighted by Crippen LogP contribution is -2.22. The maximum atomic E-state index is 5.62. The van der Waals surface area contributed by atoms with Crippen LogP contribution in [-0.2, 0) is 20.8 Å². The van der Waals surface area contributed by atoms with Crippen LogP contribution in [-0.4, -0.2) is 47.9 Å². The Labute approximate surface area is 168 Å². The van der Waals surface area contributed by atoms with Crippen molar-refractivity contribution in [1.82, 2.24) is 4.98 Å². The van der Waals surface area contributed by atoms with E-state index in [2.05, 4.69) is 60.2 Å². The van der Waals surface area contributed by atoms with E-state index in [9.17, 15) is 0 Å². The maximum absolute atomic E-state index is 5.62. The molecule has 0 saturated carbocycles. The van der Waals surface area contributed by atoms with Crippen molar-refractivity contribution in [2.75, 3.05) is 26.8 Å². The lowest BCUT2D eigenvalue weighted by atomic mass is 10.3. The van der Waals surface area contributed by atoms with Gasteiger partial charge in [-0.25, -0.2) is 4.98 Å². The zero-order valence-corrected chi connectivity index (χ0v) is 20.6. The number of nitrogens with zero attached hydrogens (tertiary/aromatic N) is 1. The number of hydrogen-bond acceptors (Lipinski definition) is 5. The van der Waals surface area contributed by atoms with E-state index in [1.807, 2.05) is 12.1 Å². The number of halogens is 1. The Morgan fingerprint density at radius 1 is 0.846 bits per heavy atom. The SMILES string of the molecule is C[Si](C)(C)CCOCOCc1ccc(OCOCC[Si](C)(C)C)c(Br)n1. The van der Waals surface area contributed by atoms with Crippen LogP contribution >= 0.6 is 15.9 Å². The zero-order chi connectivity index (χ0) is 19.6. The molecule has 0 N–H and O–H groups in total. The summed E-state index contributed by atoms with van der Waals surface area (Å²) in [5, 5.41) is 0. The first-order valence-electron chi connectivity index (χ1n) is 9.08. The van der Waals surface area contributed by atoms with Crippen molar-refractivity contribution in [3.05, 3.63) is 22.4 Å². The fourth-order valence-corrected chi connectivity index (χ4v) is 3.82. The average Bonchev–Trinajstić information content (AvgIpc) is 2.50. The first-order valence-corrected chi connectivity index (χ1v) is 17.3. The molecule has 0 unspecified atom stereocenters. The minimum absolute atomic E-state index is 0.242. The molecule has 0 atom stereocenters. The molecule has 8 heteroatoms. The highest BCUT2D eigenvalue weighted by molar-refractivity contribution is 9.10. The summed E-state index contributed by atoms with van der Waals surface area (Å²) in [7, 11) is -2.10. The molecule has 5 nitrogen and oxygen atoms in total. The normalized spacial score (nSPS) is 12.4. The number of hydrogen-bond donors (Lipinski definition) is 0. The van der Waals surface area contributed by atoms with E-state index < -0.39 is 16.1 Å². The van der Waals surface area contributed by atoms with Gasteiger partial charge in [-0.15, -0.1) is 0 Å². The lowest BCUT2D eigenvalue weighted by molar-refractivity contribution is -0.0582. The first kappa shape index (κ1) is 23.8. The molecular formula is C18H34BrNO4Si2. The Morgan fingerprint density at radius 3 is 1.96 bits per heavy atom. The van der Waals surface area contributed by atoms with Gasteiger partial charge in [-0.3, -0.25) is 0 Å². The van der Waals surface area contributed by atoms with Gasteiger partial charge in [-0.2, -0.15) is 0 Å². The Kier molecular flexibility index (Phi) is 10.6. The maximum Gasteiger partial charge on any atom is 0.189 e. The Morgan fingerprint density at radius 2 is 1.42 bits per heavy atom. The van der Waals surface area contributed by atoms with E-state index in [0.717, 1.165) is 31.0 Å². The molecule has 150 valence electrons. The summed E-state index contributed by atoms with van der Waals surface area (Å²) in [6, 6.07) is 6.05. The van der Waals surface area contributed by atoms with E-state index in [4.69, 9.17) is 18.9 Å². The quantitative estimate of drug-likeness (QED) is 0.170. The van der Waals surface area contributed by atoms with E-state index >= 15 is 0 Å². The highest BCUT2D eigenvalue weighted by Crippen LogP contribution is 2.23. The van der Waals surface area contributed by atoms with Gasteiger partial charge >= 0.3 is 0 Å². The molecule has 1 aromatic heterocycles. The van der Waals surface area contributed by atoms with Gasteiger partial charge in [0.1, 0.15) is 11.4 Å². The van der Waals surface area contributed by atoms with Gasteiger partial charge in [0.25, 0.3) is 0 Å². The third kappa shape index (κ3) is 12.2. The molecule has 1 heterocycles. The molecule has 0 aromatic carbocycles. The largest absolute Gasteiger partial charge is 0.465 e. The predicted molar refractivity (Wildman–Crippen MR) is 115 cm³/mol. The molecule has 0 saturated heterocycles. The van der Waals surface area contributed by atoms with Gasteiger partial charge in [0, 0.05) is 29.4 Å². The molecule has 0 aliphatic rings. The summed E-state index contributed by atoms with van der Waals surface area (Å²) >= 11 is 3.44. The topological polar surface area (TPSA) is 49.8 Å². The van der Waals surface area contributed by atoms with Crippen LogP contribution in [0.1, 0.15) is 5.69 Å². The molecule has 0 aliphatic heterocycles. The van der Waals surface area contributed by atoms with Gasteiger partial charge in [0.05, 0.1) is 12.3 Å². The smallest absolute Gasteiger partial charge is 0.189 e. The molecule has 1 aromatic rings. The van der Waals surface area contributed by atoms with Gasteiger partial charge in [0.15, 0.2) is 12.5 Å². The highest BCUT2D eigenvalue weighted by atomic mass is 79.9. The van der Waals surface area contributed by atoms with Gasteiger partial charge in [-0.05, 0) is 40.2 Å². The summed E-state index contributed by atoms with van der Waals surface area (Å²) in [5.74, 6) is 0.674. The predicted octanol–water partition coefficient (Wildman–Crippen LogP) is 5.36. The summed E-state index contributed by atoms with van der Waals surface area (Å²) in [4.78, 5) is 4.44. The first-order chi connectivity index (χ1) is 12.1. The monoisotopic (exact) mass is 463 g/mol. The molecule has 0 spiro atoms. The van der Waals surface area contributed by atoms with Crippen molar-refractivity contribution in [3.8, 4) is 5.75 Å². The molecule has 0 radical (unpaired) electrons. The van der Waals surface area contributed by atoms with Crippen LogP contribution in [0.5, 0.6) is 5.75 Å². The summed E-state index contributed by atoms with van der Waals surface area (Å²) in [6.45, 7) is 16.4. The Hall–Kier alpha value is -0.256. The van der Waals surface area contributed by atoms with Crippen LogP contribution < -0.4 is 4.74 Å².